The van der Waals surface area contributed by atoms with E-state index >= 15 is 0 Å². The summed E-state index contributed by atoms with van der Waals surface area (Å²) in [6, 6.07) is 1.77. The molecule has 40 valence electrons. The lowest BCUT2D eigenvalue weighted by Gasteiger charge is -1.66. The molecule has 0 bridgehead atoms. The van der Waals surface area contributed by atoms with E-state index < -0.39 is 0 Å². The summed E-state index contributed by atoms with van der Waals surface area (Å²) in [4.78, 5) is 0. The highest BCUT2D eigenvalue weighted by atomic mass is 79.9. The second-order valence-corrected chi connectivity index (χ2v) is 1.78. The SMILES string of the molecule is Br.Nc1ccns1. The third-order valence-electron chi connectivity index (χ3n) is 0.458. The number of anilines is 1. The third kappa shape index (κ3) is 1.89. The van der Waals surface area contributed by atoms with Crippen LogP contribution in [0, 0.1) is 0 Å². The van der Waals surface area contributed by atoms with Crippen molar-refractivity contribution in [2.75, 3.05) is 5.73 Å². The van der Waals surface area contributed by atoms with Crippen LogP contribution in [-0.4, -0.2) is 4.37 Å². The van der Waals surface area contributed by atoms with Gasteiger partial charge in [0.15, 0.2) is 0 Å². The van der Waals surface area contributed by atoms with E-state index in [1.165, 1.54) is 11.5 Å². The van der Waals surface area contributed by atoms with E-state index in [1.807, 2.05) is 0 Å². The lowest BCUT2D eigenvalue weighted by molar-refractivity contribution is 1.58. The third-order valence-corrected chi connectivity index (χ3v) is 1.03. The van der Waals surface area contributed by atoms with Gasteiger partial charge in [-0.15, -0.1) is 17.0 Å². The fourth-order valence-electron chi connectivity index (χ4n) is 0.226. The van der Waals surface area contributed by atoms with E-state index in [1.54, 1.807) is 12.3 Å². The Morgan fingerprint density at radius 2 is 2.43 bits per heavy atom. The Bertz CT molecular complexity index is 116. The summed E-state index contributed by atoms with van der Waals surface area (Å²) in [7, 11) is 0. The van der Waals surface area contributed by atoms with Crippen molar-refractivity contribution in [3.8, 4) is 0 Å². The molecule has 2 nitrogen and oxygen atoms in total. The quantitative estimate of drug-likeness (QED) is 0.655. The normalized spacial score (nSPS) is 7.43. The molecule has 0 atom stereocenters. The molecule has 1 aromatic heterocycles. The first-order valence-electron chi connectivity index (χ1n) is 1.56. The summed E-state index contributed by atoms with van der Waals surface area (Å²) in [6.45, 7) is 0. The molecule has 0 saturated heterocycles. The van der Waals surface area contributed by atoms with Crippen molar-refractivity contribution in [1.82, 2.24) is 4.37 Å². The Balaban J connectivity index is 0.000000360. The maximum Gasteiger partial charge on any atom is 0.106 e. The van der Waals surface area contributed by atoms with Gasteiger partial charge in [-0.25, -0.2) is 0 Å². The lowest BCUT2D eigenvalue weighted by Crippen LogP contribution is -1.72. The summed E-state index contributed by atoms with van der Waals surface area (Å²) in [5.74, 6) is 0. The summed E-state index contributed by atoms with van der Waals surface area (Å²) < 4.78 is 3.74. The molecule has 4 heteroatoms. The average molecular weight is 181 g/mol. The predicted molar refractivity (Wildman–Crippen MR) is 36.8 cm³/mol. The van der Waals surface area contributed by atoms with Gasteiger partial charge < -0.3 is 5.73 Å². The molecule has 0 aromatic carbocycles. The summed E-state index contributed by atoms with van der Waals surface area (Å²) in [6.07, 6.45) is 1.68. The van der Waals surface area contributed by atoms with Crippen LogP contribution in [0.4, 0.5) is 5.00 Å². The minimum atomic E-state index is 0. The van der Waals surface area contributed by atoms with Crippen molar-refractivity contribution < 1.29 is 0 Å². The van der Waals surface area contributed by atoms with Gasteiger partial charge in [0.2, 0.25) is 0 Å². The first-order valence-corrected chi connectivity index (χ1v) is 2.33. The molecule has 0 radical (unpaired) electrons. The topological polar surface area (TPSA) is 38.9 Å². The number of nitrogen functional groups attached to an aromatic ring is 1. The molecule has 0 aliphatic carbocycles. The fraction of sp³-hybridized carbons (Fsp3) is 0. The van der Waals surface area contributed by atoms with Crippen molar-refractivity contribution in [3.05, 3.63) is 12.3 Å². The molecule has 1 heterocycles. The van der Waals surface area contributed by atoms with E-state index in [4.69, 9.17) is 5.73 Å². The Hall–Kier alpha value is -0.0900. The van der Waals surface area contributed by atoms with E-state index in [9.17, 15) is 0 Å². The largest absolute Gasteiger partial charge is 0.389 e. The molecular weight excluding hydrogens is 176 g/mol. The Morgan fingerprint density at radius 1 is 1.71 bits per heavy atom. The van der Waals surface area contributed by atoms with E-state index in [0.717, 1.165) is 5.00 Å². The van der Waals surface area contributed by atoms with Crippen LogP contribution in [0.15, 0.2) is 12.3 Å². The Kier molecular flexibility index (Phi) is 2.95. The molecule has 1 aromatic rings. The standard InChI is InChI=1S/C3H4N2S.BrH/c4-3-1-2-5-6-3;/h1-2H,4H2;1H. The molecule has 0 fully saturated rings. The zero-order chi connectivity index (χ0) is 4.41. The molecular formula is C3H5BrN2S. The van der Waals surface area contributed by atoms with Gasteiger partial charge in [0.1, 0.15) is 5.00 Å². The monoisotopic (exact) mass is 180 g/mol. The van der Waals surface area contributed by atoms with Crippen LogP contribution in [0.25, 0.3) is 0 Å². The van der Waals surface area contributed by atoms with E-state index in [-0.39, 0.29) is 17.0 Å². The smallest absolute Gasteiger partial charge is 0.106 e. The van der Waals surface area contributed by atoms with E-state index in [0.29, 0.717) is 0 Å². The molecule has 1 rings (SSSR count). The molecule has 0 amide bonds. The minimum Gasteiger partial charge on any atom is -0.389 e. The highest BCUT2D eigenvalue weighted by Gasteiger charge is 1.76. The van der Waals surface area contributed by atoms with Gasteiger partial charge >= 0.3 is 0 Å². The van der Waals surface area contributed by atoms with Crippen molar-refractivity contribution in [2.45, 2.75) is 0 Å². The lowest BCUT2D eigenvalue weighted by atomic mass is 10.7. The molecule has 0 aliphatic heterocycles. The van der Waals surface area contributed by atoms with Gasteiger partial charge in [0.05, 0.1) is 0 Å². The van der Waals surface area contributed by atoms with Gasteiger partial charge in [0.25, 0.3) is 0 Å². The number of halogens is 1. The second-order valence-electron chi connectivity index (χ2n) is 0.915. The van der Waals surface area contributed by atoms with Crippen molar-refractivity contribution in [2.24, 2.45) is 0 Å². The van der Waals surface area contributed by atoms with Crippen LogP contribution < -0.4 is 5.73 Å². The van der Waals surface area contributed by atoms with Crippen LogP contribution >= 0.6 is 28.5 Å². The van der Waals surface area contributed by atoms with Gasteiger partial charge in [-0.1, -0.05) is 0 Å². The highest BCUT2D eigenvalue weighted by Crippen LogP contribution is 2.03. The molecule has 2 N–H and O–H groups in total. The number of nitrogens with two attached hydrogens (primary N) is 1. The first-order chi connectivity index (χ1) is 2.89. The molecule has 7 heavy (non-hydrogen) atoms. The van der Waals surface area contributed by atoms with Gasteiger partial charge in [-0.05, 0) is 17.6 Å². The number of aromatic nitrogens is 1. The maximum absolute atomic E-state index is 5.23. The van der Waals surface area contributed by atoms with Crippen LogP contribution in [0.2, 0.25) is 0 Å². The summed E-state index contributed by atoms with van der Waals surface area (Å²) in [5, 5.41) is 0.773. The van der Waals surface area contributed by atoms with Crippen LogP contribution in [-0.2, 0) is 0 Å². The average Bonchev–Trinajstić information content (AvgIpc) is 1.86. The van der Waals surface area contributed by atoms with Gasteiger partial charge in [-0.2, -0.15) is 4.37 Å². The van der Waals surface area contributed by atoms with Crippen molar-refractivity contribution in [3.63, 3.8) is 0 Å². The highest BCUT2D eigenvalue weighted by molar-refractivity contribution is 8.93. The Labute approximate surface area is 56.3 Å². The minimum absolute atomic E-state index is 0. The van der Waals surface area contributed by atoms with Crippen LogP contribution in [0.3, 0.4) is 0 Å². The molecule has 0 aliphatic rings. The number of rotatable bonds is 0. The van der Waals surface area contributed by atoms with Crippen LogP contribution in [0.1, 0.15) is 0 Å². The Morgan fingerprint density at radius 3 is 2.57 bits per heavy atom. The first kappa shape index (κ1) is 6.91. The van der Waals surface area contributed by atoms with Crippen molar-refractivity contribution >= 4 is 33.5 Å². The summed E-state index contributed by atoms with van der Waals surface area (Å²) in [5.41, 5.74) is 5.23. The number of hydrogen-bond acceptors (Lipinski definition) is 3. The van der Waals surface area contributed by atoms with E-state index in [2.05, 4.69) is 4.37 Å². The van der Waals surface area contributed by atoms with Gasteiger partial charge in [-0.3, -0.25) is 0 Å². The summed E-state index contributed by atoms with van der Waals surface area (Å²) >= 11 is 1.31. The van der Waals surface area contributed by atoms with Gasteiger partial charge in [0, 0.05) is 6.20 Å². The molecule has 0 unspecified atom stereocenters. The molecule has 0 saturated carbocycles. The fourth-order valence-corrected chi connectivity index (χ4v) is 0.591. The zero-order valence-electron chi connectivity index (χ0n) is 3.50. The second kappa shape index (κ2) is 2.98. The van der Waals surface area contributed by atoms with Crippen LogP contribution in [0.5, 0.6) is 0 Å². The molecule has 0 spiro atoms. The predicted octanol–water partition coefficient (Wildman–Crippen LogP) is 1.30. The maximum atomic E-state index is 5.23. The zero-order valence-corrected chi connectivity index (χ0v) is 6.03. The number of hydrogen-bond donors (Lipinski definition) is 1. The number of nitrogens with zero attached hydrogens (tertiary/aromatic N) is 1. The van der Waals surface area contributed by atoms with Crippen molar-refractivity contribution in [1.29, 1.82) is 0 Å².